The van der Waals surface area contributed by atoms with E-state index in [2.05, 4.69) is 10.3 Å². The molecule has 3 aromatic rings. The predicted octanol–water partition coefficient (Wildman–Crippen LogP) is 4.76. The summed E-state index contributed by atoms with van der Waals surface area (Å²) in [7, 11) is -1.16. The number of hydrogen-bond acceptors (Lipinski definition) is 5. The van der Waals surface area contributed by atoms with Gasteiger partial charge in [0.15, 0.2) is 5.13 Å². The Morgan fingerprint density at radius 1 is 1.14 bits per heavy atom. The minimum absolute atomic E-state index is 0.000482. The molecule has 0 aliphatic carbocycles. The molecule has 0 fully saturated rings. The minimum atomic E-state index is -3.87. The number of nitrogens with zero attached hydrogens (tertiary/aromatic N) is 2. The molecule has 0 saturated carbocycles. The van der Waals surface area contributed by atoms with Crippen LogP contribution in [0.25, 0.3) is 11.3 Å². The molecule has 3 rings (SSSR count). The maximum atomic E-state index is 13.1. The third-order valence-corrected chi connectivity index (χ3v) is 7.24. The van der Waals surface area contributed by atoms with Crippen molar-refractivity contribution in [2.45, 2.75) is 4.90 Å². The van der Waals surface area contributed by atoms with Gasteiger partial charge in [0.25, 0.3) is 5.91 Å². The third kappa shape index (κ3) is 4.59. The van der Waals surface area contributed by atoms with Gasteiger partial charge in [0.05, 0.1) is 21.3 Å². The van der Waals surface area contributed by atoms with Crippen LogP contribution in [0.1, 0.15) is 10.4 Å². The predicted molar refractivity (Wildman–Crippen MR) is 113 cm³/mol. The molecule has 1 heterocycles. The number of thiazole rings is 1. The standard InChI is InChI=1S/C18H14Cl2FN3O3S2/c1-24(2)29(26,27)16-7-12(13(19)8-14(16)20)17(25)23-18-22-15(9-28-18)10-3-5-11(21)6-4-10/h3-9H,1-2H3,(H,22,23,25). The zero-order valence-electron chi connectivity index (χ0n) is 15.1. The number of amides is 1. The van der Waals surface area contributed by atoms with Crippen LogP contribution in [0.4, 0.5) is 9.52 Å². The van der Waals surface area contributed by atoms with Gasteiger partial charge in [0, 0.05) is 25.0 Å². The normalized spacial score (nSPS) is 11.7. The summed E-state index contributed by atoms with van der Waals surface area (Å²) in [4.78, 5) is 16.7. The number of nitrogens with one attached hydrogen (secondary N) is 1. The van der Waals surface area contributed by atoms with Crippen molar-refractivity contribution in [2.24, 2.45) is 0 Å². The van der Waals surface area contributed by atoms with Crippen LogP contribution in [-0.2, 0) is 10.0 Å². The summed E-state index contributed by atoms with van der Waals surface area (Å²) in [6, 6.07) is 8.11. The molecular weight excluding hydrogens is 460 g/mol. The van der Waals surface area contributed by atoms with Crippen molar-refractivity contribution in [2.75, 3.05) is 19.4 Å². The highest BCUT2D eigenvalue weighted by atomic mass is 35.5. The van der Waals surface area contributed by atoms with Crippen molar-refractivity contribution in [3.8, 4) is 11.3 Å². The van der Waals surface area contributed by atoms with E-state index in [1.807, 2.05) is 0 Å². The number of carbonyl (C=O) groups is 1. The fourth-order valence-corrected chi connectivity index (χ4v) is 4.79. The first kappa shape index (κ1) is 21.7. The lowest BCUT2D eigenvalue weighted by molar-refractivity contribution is 0.102. The second-order valence-corrected chi connectivity index (χ2v) is 9.84. The average Bonchev–Trinajstić information content (AvgIpc) is 3.10. The lowest BCUT2D eigenvalue weighted by Crippen LogP contribution is -2.23. The molecule has 1 amide bonds. The first-order chi connectivity index (χ1) is 13.6. The molecule has 0 saturated heterocycles. The molecule has 0 aliphatic rings. The zero-order valence-corrected chi connectivity index (χ0v) is 18.3. The summed E-state index contributed by atoms with van der Waals surface area (Å²) in [5, 5.41) is 4.48. The number of aromatic nitrogens is 1. The highest BCUT2D eigenvalue weighted by molar-refractivity contribution is 7.89. The molecule has 11 heteroatoms. The van der Waals surface area contributed by atoms with Crippen LogP contribution >= 0.6 is 34.5 Å². The number of hydrogen-bond donors (Lipinski definition) is 1. The van der Waals surface area contributed by atoms with Crippen LogP contribution in [0.3, 0.4) is 0 Å². The number of carbonyl (C=O) groups excluding carboxylic acids is 1. The van der Waals surface area contributed by atoms with Crippen molar-refractivity contribution in [3.05, 3.63) is 63.2 Å². The molecular formula is C18H14Cl2FN3O3S2. The Balaban J connectivity index is 1.89. The highest BCUT2D eigenvalue weighted by Gasteiger charge is 2.25. The van der Waals surface area contributed by atoms with E-state index in [1.54, 1.807) is 17.5 Å². The van der Waals surface area contributed by atoms with E-state index < -0.39 is 15.9 Å². The van der Waals surface area contributed by atoms with E-state index >= 15 is 0 Å². The van der Waals surface area contributed by atoms with Crippen LogP contribution < -0.4 is 5.32 Å². The quantitative estimate of drug-likeness (QED) is 0.579. The third-order valence-electron chi connectivity index (χ3n) is 3.89. The van der Waals surface area contributed by atoms with Gasteiger partial charge < -0.3 is 0 Å². The summed E-state index contributed by atoms with van der Waals surface area (Å²) in [5.74, 6) is -1.000. The topological polar surface area (TPSA) is 79.4 Å². The van der Waals surface area contributed by atoms with E-state index in [9.17, 15) is 17.6 Å². The second kappa shape index (κ2) is 8.37. The van der Waals surface area contributed by atoms with Gasteiger partial charge in [-0.2, -0.15) is 0 Å². The lowest BCUT2D eigenvalue weighted by Gasteiger charge is -2.14. The SMILES string of the molecule is CN(C)S(=O)(=O)c1cc(C(=O)Nc2nc(-c3ccc(F)cc3)cs2)c(Cl)cc1Cl. The van der Waals surface area contributed by atoms with Gasteiger partial charge in [-0.25, -0.2) is 22.1 Å². The Labute approximate surface area is 181 Å². The monoisotopic (exact) mass is 473 g/mol. The summed E-state index contributed by atoms with van der Waals surface area (Å²) < 4.78 is 38.9. The summed E-state index contributed by atoms with van der Waals surface area (Å²) in [5.41, 5.74) is 1.19. The molecule has 1 aromatic heterocycles. The van der Waals surface area contributed by atoms with Gasteiger partial charge in [-0.1, -0.05) is 23.2 Å². The van der Waals surface area contributed by atoms with Gasteiger partial charge in [-0.05, 0) is 36.4 Å². The fraction of sp³-hybridized carbons (Fsp3) is 0.111. The number of halogens is 3. The Morgan fingerprint density at radius 3 is 2.41 bits per heavy atom. The average molecular weight is 474 g/mol. The van der Waals surface area contributed by atoms with Gasteiger partial charge in [-0.3, -0.25) is 10.1 Å². The van der Waals surface area contributed by atoms with Crippen LogP contribution in [0.5, 0.6) is 0 Å². The maximum absolute atomic E-state index is 13.1. The largest absolute Gasteiger partial charge is 0.298 e. The summed E-state index contributed by atoms with van der Waals surface area (Å²) >= 11 is 13.3. The van der Waals surface area contributed by atoms with E-state index in [0.29, 0.717) is 11.3 Å². The van der Waals surface area contributed by atoms with E-state index in [-0.39, 0.29) is 31.5 Å². The van der Waals surface area contributed by atoms with E-state index in [4.69, 9.17) is 23.2 Å². The van der Waals surface area contributed by atoms with Gasteiger partial charge in [0.1, 0.15) is 10.7 Å². The zero-order chi connectivity index (χ0) is 21.3. The van der Waals surface area contributed by atoms with E-state index in [1.165, 1.54) is 32.3 Å². The van der Waals surface area contributed by atoms with Crippen molar-refractivity contribution in [1.29, 1.82) is 0 Å². The number of sulfonamides is 1. The summed E-state index contributed by atoms with van der Waals surface area (Å²) in [6.45, 7) is 0. The van der Waals surface area contributed by atoms with Crippen molar-refractivity contribution < 1.29 is 17.6 Å². The molecule has 1 N–H and O–H groups in total. The lowest BCUT2D eigenvalue weighted by atomic mass is 10.2. The molecule has 0 unspecified atom stereocenters. The number of anilines is 1. The van der Waals surface area contributed by atoms with Crippen molar-refractivity contribution in [1.82, 2.24) is 9.29 Å². The number of benzene rings is 2. The molecule has 6 nitrogen and oxygen atoms in total. The fourth-order valence-electron chi connectivity index (χ4n) is 2.35. The maximum Gasteiger partial charge on any atom is 0.259 e. The van der Waals surface area contributed by atoms with Crippen LogP contribution in [0.2, 0.25) is 10.0 Å². The molecule has 152 valence electrons. The Bertz CT molecular complexity index is 1180. The first-order valence-electron chi connectivity index (χ1n) is 8.04. The smallest absolute Gasteiger partial charge is 0.259 e. The highest BCUT2D eigenvalue weighted by Crippen LogP contribution is 2.31. The van der Waals surface area contributed by atoms with Gasteiger partial charge in [-0.15, -0.1) is 11.3 Å². The first-order valence-corrected chi connectivity index (χ1v) is 11.1. The van der Waals surface area contributed by atoms with Gasteiger partial charge in [0.2, 0.25) is 10.0 Å². The second-order valence-electron chi connectivity index (χ2n) is 6.05. The van der Waals surface area contributed by atoms with E-state index in [0.717, 1.165) is 21.7 Å². The molecule has 0 aliphatic heterocycles. The minimum Gasteiger partial charge on any atom is -0.298 e. The molecule has 0 radical (unpaired) electrons. The number of rotatable bonds is 5. The molecule has 0 atom stereocenters. The molecule has 29 heavy (non-hydrogen) atoms. The van der Waals surface area contributed by atoms with Crippen LogP contribution in [0, 0.1) is 5.82 Å². The van der Waals surface area contributed by atoms with Crippen LogP contribution in [-0.4, -0.2) is 37.7 Å². The van der Waals surface area contributed by atoms with Gasteiger partial charge >= 0.3 is 0 Å². The van der Waals surface area contributed by atoms with Crippen LogP contribution in [0.15, 0.2) is 46.7 Å². The molecule has 2 aromatic carbocycles. The molecule has 0 spiro atoms. The molecule has 0 bridgehead atoms. The van der Waals surface area contributed by atoms with Crippen molar-refractivity contribution in [3.63, 3.8) is 0 Å². The Hall–Kier alpha value is -2.04. The Morgan fingerprint density at radius 2 is 1.79 bits per heavy atom. The Kier molecular flexibility index (Phi) is 6.25. The van der Waals surface area contributed by atoms with Crippen molar-refractivity contribution >= 4 is 55.6 Å². The summed E-state index contributed by atoms with van der Waals surface area (Å²) in [6.07, 6.45) is 0.